The molecule has 0 fully saturated rings. The average Bonchev–Trinajstić information content (AvgIpc) is 3.63. The van der Waals surface area contributed by atoms with E-state index < -0.39 is 22.1 Å². The molecule has 2 aromatic carbocycles. The first-order valence-electron chi connectivity index (χ1n) is 11.3. The monoisotopic (exact) mass is 668 g/mol. The van der Waals surface area contributed by atoms with Gasteiger partial charge in [0.15, 0.2) is 23.0 Å². The number of amides is 2. The van der Waals surface area contributed by atoms with Crippen molar-refractivity contribution in [1.29, 1.82) is 0 Å². The van der Waals surface area contributed by atoms with Gasteiger partial charge in [0, 0.05) is 59.1 Å². The maximum atomic E-state index is 11.8. The van der Waals surface area contributed by atoms with Crippen molar-refractivity contribution in [3.63, 3.8) is 0 Å². The van der Waals surface area contributed by atoms with Crippen LogP contribution in [0.2, 0.25) is 0 Å². The highest BCUT2D eigenvalue weighted by atomic mass is 79.9. The van der Waals surface area contributed by atoms with Crippen molar-refractivity contribution < 1.29 is 55.7 Å². The molecule has 0 unspecified atom stereocenters. The van der Waals surface area contributed by atoms with Gasteiger partial charge in [-0.25, -0.2) is 0 Å². The molecule has 0 spiro atoms. The molecule has 0 atom stereocenters. The molecule has 0 aliphatic carbocycles. The number of nitrogens with one attached hydrogen (secondary N) is 2. The van der Waals surface area contributed by atoms with E-state index in [1.807, 2.05) is 0 Å². The normalized spacial score (nSPS) is 12.6. The molecule has 4 rings (SSSR count). The highest BCUT2D eigenvalue weighted by Gasteiger charge is 2.26. The van der Waals surface area contributed by atoms with Crippen molar-refractivity contribution in [3.8, 4) is 23.0 Å². The number of halogens is 1. The summed E-state index contributed by atoms with van der Waals surface area (Å²) in [5.74, 6) is 1.99. The molecule has 2 amide bonds. The van der Waals surface area contributed by atoms with E-state index in [9.17, 15) is 14.2 Å². The van der Waals surface area contributed by atoms with Gasteiger partial charge in [-0.3, -0.25) is 14.2 Å². The second-order valence-electron chi connectivity index (χ2n) is 7.27. The number of fused-ring (bicyclic) bond motifs is 2. The Morgan fingerprint density at radius 3 is 1.57 bits per heavy atom. The molecule has 0 bridgehead atoms. The van der Waals surface area contributed by atoms with Crippen molar-refractivity contribution in [2.75, 3.05) is 71.3 Å². The molecule has 2 heterocycles. The summed E-state index contributed by atoms with van der Waals surface area (Å²) in [6.07, 6.45) is -0.353. The Labute approximate surface area is 241 Å². The molecule has 2 N–H and O–H groups in total. The van der Waals surface area contributed by atoms with E-state index in [-0.39, 0.29) is 31.0 Å². The summed E-state index contributed by atoms with van der Waals surface area (Å²) in [4.78, 5) is 22.8. The van der Waals surface area contributed by atoms with Crippen LogP contribution in [0, 0.1) is 0 Å². The second-order valence-corrected chi connectivity index (χ2v) is 11.6. The number of rotatable bonds is 10. The fraction of sp³-hybridized carbons (Fsp3) is 0.391. The van der Waals surface area contributed by atoms with Gasteiger partial charge in [-0.2, -0.15) is 0 Å². The van der Waals surface area contributed by atoms with E-state index in [4.69, 9.17) is 28.0 Å². The summed E-state index contributed by atoms with van der Waals surface area (Å²) in [6, 6.07) is 10.3. The Bertz CT molecular complexity index is 1160. The number of carbonyl (C=O) groups excluding carboxylic acids is 2. The number of benzene rings is 2. The minimum atomic E-state index is -3.36. The quantitative estimate of drug-likeness (QED) is 0.265. The summed E-state index contributed by atoms with van der Waals surface area (Å²) in [5.41, 5.74) is 1.23. The van der Waals surface area contributed by atoms with Crippen LogP contribution in [0.5, 0.6) is 23.0 Å². The fourth-order valence-corrected chi connectivity index (χ4v) is 4.37. The van der Waals surface area contributed by atoms with Crippen molar-refractivity contribution in [2.24, 2.45) is 0 Å². The number of alkyl halides is 1. The summed E-state index contributed by atoms with van der Waals surface area (Å²) < 4.78 is 55.8. The van der Waals surface area contributed by atoms with Crippen LogP contribution < -0.4 is 29.6 Å². The zero-order valence-corrected chi connectivity index (χ0v) is 25.8. The maximum Gasteiger partial charge on any atom is 0.339 e. The van der Waals surface area contributed by atoms with Gasteiger partial charge in [0.25, 0.3) is 0 Å². The molecule has 40 heavy (non-hydrogen) atoms. The van der Waals surface area contributed by atoms with Gasteiger partial charge in [-0.05, 0) is 24.3 Å². The van der Waals surface area contributed by atoms with Gasteiger partial charge in [-0.15, -0.1) is 0 Å². The Kier molecular flexibility index (Phi) is 14.6. The van der Waals surface area contributed by atoms with Crippen LogP contribution in [-0.4, -0.2) is 72.4 Å². The highest BCUT2D eigenvalue weighted by molar-refractivity contribution is 9.09. The number of anilines is 2. The molecule has 2 aliphatic rings. The third-order valence-electron chi connectivity index (χ3n) is 4.77. The average molecular weight is 669 g/mol. The van der Waals surface area contributed by atoms with Crippen LogP contribution in [0.4, 0.5) is 11.4 Å². The Balaban J connectivity index is 0.000000234. The Morgan fingerprint density at radius 2 is 1.20 bits per heavy atom. The second kappa shape index (κ2) is 17.4. The predicted molar refractivity (Wildman–Crippen MR) is 151 cm³/mol. The minimum Gasteiger partial charge on any atom is -0.454 e. The number of hydrogen-bond acceptors (Lipinski definition) is 12. The fourth-order valence-electron chi connectivity index (χ4n) is 2.95. The van der Waals surface area contributed by atoms with Crippen LogP contribution >= 0.6 is 32.1 Å². The molecule has 222 valence electrons. The number of hydrogen-bond donors (Lipinski definition) is 2. The lowest BCUT2D eigenvalue weighted by atomic mass is 10.3. The Hall–Kier alpha value is -2.48. The van der Waals surface area contributed by atoms with Crippen molar-refractivity contribution in [3.05, 3.63) is 36.4 Å². The third kappa shape index (κ3) is 10.8. The van der Waals surface area contributed by atoms with Crippen molar-refractivity contribution >= 4 is 55.3 Å². The highest BCUT2D eigenvalue weighted by Crippen LogP contribution is 2.46. The van der Waals surface area contributed by atoms with Gasteiger partial charge in [-0.1, -0.05) is 15.9 Å². The summed E-state index contributed by atoms with van der Waals surface area (Å²) in [5, 5.41) is 5.57. The molecule has 0 aromatic heterocycles. The first-order chi connectivity index (χ1) is 19.2. The number of ether oxygens (including phenoxy) is 4. The zero-order chi connectivity index (χ0) is 29.5. The summed E-state index contributed by atoms with van der Waals surface area (Å²) in [7, 11) is 2.68. The van der Waals surface area contributed by atoms with Gasteiger partial charge >= 0.3 is 16.2 Å². The molecule has 2 aromatic rings. The minimum absolute atomic E-state index is 0.0936. The van der Waals surface area contributed by atoms with Gasteiger partial charge in [0.1, 0.15) is 6.16 Å². The van der Waals surface area contributed by atoms with Gasteiger partial charge in [0.05, 0.1) is 5.33 Å². The van der Waals surface area contributed by atoms with E-state index in [0.29, 0.717) is 34.4 Å². The van der Waals surface area contributed by atoms with Crippen LogP contribution in [0.15, 0.2) is 36.4 Å². The predicted octanol–water partition coefficient (Wildman–Crippen LogP) is 4.74. The first-order valence-corrected chi connectivity index (χ1v) is 15.2. The van der Waals surface area contributed by atoms with Crippen LogP contribution in [-0.2, 0) is 36.8 Å². The van der Waals surface area contributed by atoms with Crippen LogP contribution in [0.3, 0.4) is 0 Å². The molecule has 0 saturated carbocycles. The standard InChI is InChI=1S/C11H14NO6P.C9H8BrNO3.C3H9O3P/c1-15-19(14,16-2)6-11(13)12-8-3-4-9-10(5-8)18-7-17-9;10-4-9(12)11-6-1-2-7-8(3-6)14-5-13-7;1-4-7(5-2)6-3/h3-5H,6-7H2,1-2H3,(H,12,13);1-3H,4-5H2,(H,11,12);1-3H3. The molecule has 2 aliphatic heterocycles. The molecule has 14 nitrogen and oxygen atoms in total. The molecule has 0 saturated heterocycles. The summed E-state index contributed by atoms with van der Waals surface area (Å²) >= 11 is 3.07. The van der Waals surface area contributed by atoms with Gasteiger partial charge < -0.3 is 52.2 Å². The van der Waals surface area contributed by atoms with Crippen molar-refractivity contribution in [2.45, 2.75) is 0 Å². The lowest BCUT2D eigenvalue weighted by Crippen LogP contribution is -2.17. The van der Waals surface area contributed by atoms with E-state index in [1.165, 1.54) is 14.2 Å². The SMILES string of the molecule is COP(=O)(CC(=O)Nc1ccc2c(c1)OCO2)OC.COP(OC)OC.O=C(CBr)Nc1ccc2c(c1)OCO2. The van der Waals surface area contributed by atoms with Gasteiger partial charge in [0.2, 0.25) is 25.4 Å². The lowest BCUT2D eigenvalue weighted by molar-refractivity contribution is -0.114. The van der Waals surface area contributed by atoms with Crippen LogP contribution in [0.1, 0.15) is 0 Å². The largest absolute Gasteiger partial charge is 0.454 e. The van der Waals surface area contributed by atoms with Crippen LogP contribution in [0.25, 0.3) is 0 Å². The van der Waals surface area contributed by atoms with E-state index in [0.717, 1.165) is 0 Å². The molecule has 0 radical (unpaired) electrons. The van der Waals surface area contributed by atoms with E-state index in [2.05, 4.69) is 40.1 Å². The molecular weight excluding hydrogens is 638 g/mol. The molecule has 17 heteroatoms. The number of carbonyl (C=O) groups is 2. The molecular formula is C23H31BrN2O12P2. The van der Waals surface area contributed by atoms with E-state index >= 15 is 0 Å². The topological polar surface area (TPSA) is 158 Å². The first kappa shape index (κ1) is 33.7. The third-order valence-corrected chi connectivity index (χ3v) is 7.97. The summed E-state index contributed by atoms with van der Waals surface area (Å²) in [6.45, 7) is 0.403. The zero-order valence-electron chi connectivity index (χ0n) is 22.5. The van der Waals surface area contributed by atoms with E-state index in [1.54, 1.807) is 57.7 Å². The smallest absolute Gasteiger partial charge is 0.339 e. The lowest BCUT2D eigenvalue weighted by Gasteiger charge is -2.13. The van der Waals surface area contributed by atoms with Crippen molar-refractivity contribution in [1.82, 2.24) is 0 Å². The Morgan fingerprint density at radius 1 is 0.775 bits per heavy atom. The maximum absolute atomic E-state index is 11.8.